The van der Waals surface area contributed by atoms with E-state index in [0.29, 0.717) is 16.9 Å². The van der Waals surface area contributed by atoms with Crippen molar-refractivity contribution in [3.8, 4) is 10.4 Å². The standard InChI is InChI=1S/C18H19ClF3N5O2S/c1-17(8-20,13(21)22)10-7-9(3-5-25-10)11-12(19)26-15(30-11)18(14(23)28)4-2-6-27(18)16(24)29/h3,5,7,13H,2,4,6,8H2,1H3,(H2,23,28)(H2,24,29). The lowest BCUT2D eigenvalue weighted by Gasteiger charge is -2.32. The molecule has 2 unspecified atom stereocenters. The average molecular weight is 462 g/mol. The maximum absolute atomic E-state index is 13.4. The lowest BCUT2D eigenvalue weighted by Crippen LogP contribution is -2.55. The molecule has 7 nitrogen and oxygen atoms in total. The number of primary amides is 2. The van der Waals surface area contributed by atoms with E-state index in [1.165, 1.54) is 18.3 Å². The third kappa shape index (κ3) is 3.39. The summed E-state index contributed by atoms with van der Waals surface area (Å²) in [5, 5.41) is 0.162. The maximum atomic E-state index is 13.4. The SMILES string of the molecule is CC(CF)(c1cc(-c2sc(C3(C(N)=O)CCCN3C(N)=O)nc2Cl)ccn1)C(F)F. The Kier molecular flexibility index (Phi) is 5.96. The lowest BCUT2D eigenvalue weighted by molar-refractivity contribution is -0.127. The third-order valence-corrected chi connectivity index (χ3v) is 7.00. The number of alkyl halides is 3. The molecule has 3 amide bonds. The second-order valence-electron chi connectivity index (χ2n) is 7.24. The van der Waals surface area contributed by atoms with Crippen molar-refractivity contribution in [1.29, 1.82) is 0 Å². The number of amides is 3. The molecule has 2 aromatic heterocycles. The molecule has 2 atom stereocenters. The summed E-state index contributed by atoms with van der Waals surface area (Å²) >= 11 is 7.28. The summed E-state index contributed by atoms with van der Waals surface area (Å²) in [6.07, 6.45) is -0.993. The predicted molar refractivity (Wildman–Crippen MR) is 106 cm³/mol. The van der Waals surface area contributed by atoms with Gasteiger partial charge in [-0.25, -0.2) is 22.9 Å². The molecule has 0 aromatic carbocycles. The van der Waals surface area contributed by atoms with Crippen LogP contribution in [-0.2, 0) is 15.7 Å². The van der Waals surface area contributed by atoms with Gasteiger partial charge in [-0.1, -0.05) is 11.6 Å². The first-order valence-electron chi connectivity index (χ1n) is 8.92. The van der Waals surface area contributed by atoms with Crippen molar-refractivity contribution in [2.45, 2.75) is 37.1 Å². The van der Waals surface area contributed by atoms with Crippen LogP contribution in [0, 0.1) is 0 Å². The number of thiazole rings is 1. The topological polar surface area (TPSA) is 115 Å². The molecule has 162 valence electrons. The molecule has 1 aliphatic rings. The molecule has 4 N–H and O–H groups in total. The summed E-state index contributed by atoms with van der Waals surface area (Å²) in [5.74, 6) is -0.797. The van der Waals surface area contributed by atoms with Crippen LogP contribution in [0.15, 0.2) is 18.3 Å². The Morgan fingerprint density at radius 2 is 2.13 bits per heavy atom. The van der Waals surface area contributed by atoms with Gasteiger partial charge in [-0.05, 0) is 37.5 Å². The van der Waals surface area contributed by atoms with E-state index in [2.05, 4.69) is 9.97 Å². The number of carbonyl (C=O) groups is 2. The van der Waals surface area contributed by atoms with Gasteiger partial charge in [-0.3, -0.25) is 9.78 Å². The highest BCUT2D eigenvalue weighted by atomic mass is 35.5. The number of nitrogens with zero attached hydrogens (tertiary/aromatic N) is 3. The van der Waals surface area contributed by atoms with Crippen LogP contribution in [0.2, 0.25) is 5.15 Å². The van der Waals surface area contributed by atoms with E-state index in [-0.39, 0.29) is 28.8 Å². The van der Waals surface area contributed by atoms with Gasteiger partial charge in [0.05, 0.1) is 16.0 Å². The highest BCUT2D eigenvalue weighted by Gasteiger charge is 2.52. The van der Waals surface area contributed by atoms with Crippen molar-refractivity contribution in [1.82, 2.24) is 14.9 Å². The first kappa shape index (κ1) is 22.3. The van der Waals surface area contributed by atoms with E-state index in [1.54, 1.807) is 0 Å². The molecular weight excluding hydrogens is 443 g/mol. The van der Waals surface area contributed by atoms with Crippen molar-refractivity contribution in [2.75, 3.05) is 13.2 Å². The zero-order chi connectivity index (χ0) is 22.3. The molecule has 1 fully saturated rings. The van der Waals surface area contributed by atoms with Crippen LogP contribution in [0.25, 0.3) is 10.4 Å². The predicted octanol–water partition coefficient (Wildman–Crippen LogP) is 3.21. The highest BCUT2D eigenvalue weighted by molar-refractivity contribution is 7.16. The molecule has 1 saturated heterocycles. The van der Waals surface area contributed by atoms with Gasteiger partial charge < -0.3 is 16.4 Å². The van der Waals surface area contributed by atoms with Crippen LogP contribution in [-0.4, -0.2) is 46.5 Å². The van der Waals surface area contributed by atoms with E-state index in [9.17, 15) is 22.8 Å². The Morgan fingerprint density at radius 3 is 2.70 bits per heavy atom. The smallest absolute Gasteiger partial charge is 0.316 e. The number of pyridine rings is 1. The Labute approximate surface area is 179 Å². The summed E-state index contributed by atoms with van der Waals surface area (Å²) < 4.78 is 40.3. The molecule has 3 heterocycles. The number of nitrogens with two attached hydrogens (primary N) is 2. The molecule has 2 aromatic rings. The first-order valence-corrected chi connectivity index (χ1v) is 10.1. The molecular formula is C18H19ClF3N5O2S. The molecule has 0 spiro atoms. The zero-order valence-corrected chi connectivity index (χ0v) is 17.4. The fourth-order valence-corrected chi connectivity index (χ4v) is 5.03. The quantitative estimate of drug-likeness (QED) is 0.687. The van der Waals surface area contributed by atoms with E-state index < -0.39 is 36.0 Å². The Hall–Kier alpha value is -2.40. The number of hydrogen-bond donors (Lipinski definition) is 2. The highest BCUT2D eigenvalue weighted by Crippen LogP contribution is 2.45. The van der Waals surface area contributed by atoms with Gasteiger partial charge in [0.15, 0.2) is 5.54 Å². The maximum Gasteiger partial charge on any atom is 0.316 e. The third-order valence-electron chi connectivity index (χ3n) is 5.36. The number of urea groups is 1. The second-order valence-corrected chi connectivity index (χ2v) is 8.60. The normalized spacial score (nSPS) is 21.1. The molecule has 30 heavy (non-hydrogen) atoms. The molecule has 12 heteroatoms. The monoisotopic (exact) mass is 461 g/mol. The van der Waals surface area contributed by atoms with Crippen LogP contribution >= 0.6 is 22.9 Å². The number of aromatic nitrogens is 2. The number of likely N-dealkylation sites (tertiary alicyclic amines) is 1. The molecule has 1 aliphatic heterocycles. The van der Waals surface area contributed by atoms with Gasteiger partial charge in [-0.15, -0.1) is 11.3 Å². The lowest BCUT2D eigenvalue weighted by atomic mass is 9.87. The summed E-state index contributed by atoms with van der Waals surface area (Å²) in [6.45, 7) is 0.00341. The van der Waals surface area contributed by atoms with Crippen LogP contribution in [0.3, 0.4) is 0 Å². The second kappa shape index (κ2) is 8.03. The Balaban J connectivity index is 2.11. The van der Waals surface area contributed by atoms with Crippen LogP contribution in [0.5, 0.6) is 0 Å². The largest absolute Gasteiger partial charge is 0.367 e. The van der Waals surface area contributed by atoms with Crippen LogP contribution in [0.1, 0.15) is 30.5 Å². The van der Waals surface area contributed by atoms with Crippen molar-refractivity contribution in [3.63, 3.8) is 0 Å². The summed E-state index contributed by atoms with van der Waals surface area (Å²) in [7, 11) is 0. The minimum atomic E-state index is -2.97. The summed E-state index contributed by atoms with van der Waals surface area (Å²) in [6, 6.07) is 2.00. The van der Waals surface area contributed by atoms with E-state index in [0.717, 1.165) is 23.2 Å². The van der Waals surface area contributed by atoms with Gasteiger partial charge in [0.25, 0.3) is 12.3 Å². The average Bonchev–Trinajstić information content (AvgIpc) is 3.32. The minimum absolute atomic E-state index is 0.0110. The number of carbonyl (C=O) groups excluding carboxylic acids is 2. The Bertz CT molecular complexity index is 990. The van der Waals surface area contributed by atoms with Gasteiger partial charge in [-0.2, -0.15) is 0 Å². The minimum Gasteiger partial charge on any atom is -0.367 e. The molecule has 0 bridgehead atoms. The number of rotatable bonds is 6. The van der Waals surface area contributed by atoms with Gasteiger partial charge in [0.1, 0.15) is 16.8 Å². The van der Waals surface area contributed by atoms with Gasteiger partial charge in [0.2, 0.25) is 0 Å². The number of halogens is 4. The van der Waals surface area contributed by atoms with Crippen LogP contribution < -0.4 is 11.5 Å². The summed E-state index contributed by atoms with van der Waals surface area (Å²) in [5.41, 5.74) is 7.65. The summed E-state index contributed by atoms with van der Waals surface area (Å²) in [4.78, 5) is 33.9. The van der Waals surface area contributed by atoms with Gasteiger partial charge in [0, 0.05) is 12.7 Å². The number of hydrogen-bond acceptors (Lipinski definition) is 5. The molecule has 0 radical (unpaired) electrons. The molecule has 0 aliphatic carbocycles. The van der Waals surface area contributed by atoms with Crippen molar-refractivity contribution in [3.05, 3.63) is 34.2 Å². The zero-order valence-electron chi connectivity index (χ0n) is 15.9. The van der Waals surface area contributed by atoms with E-state index >= 15 is 0 Å². The molecule has 0 saturated carbocycles. The first-order chi connectivity index (χ1) is 14.1. The van der Waals surface area contributed by atoms with Crippen molar-refractivity contribution < 1.29 is 22.8 Å². The van der Waals surface area contributed by atoms with E-state index in [4.69, 9.17) is 23.1 Å². The van der Waals surface area contributed by atoms with Crippen molar-refractivity contribution in [2.24, 2.45) is 11.5 Å². The molecule has 3 rings (SSSR count). The van der Waals surface area contributed by atoms with Crippen molar-refractivity contribution >= 4 is 34.9 Å². The fourth-order valence-electron chi connectivity index (χ4n) is 3.48. The van der Waals surface area contributed by atoms with Gasteiger partial charge >= 0.3 is 6.03 Å². The van der Waals surface area contributed by atoms with E-state index in [1.807, 2.05) is 0 Å². The fraction of sp³-hybridized carbons (Fsp3) is 0.444. The van der Waals surface area contributed by atoms with Crippen LogP contribution in [0.4, 0.5) is 18.0 Å². The Morgan fingerprint density at radius 1 is 1.43 bits per heavy atom.